The smallest absolute Gasteiger partial charge is 0.409 e. The highest BCUT2D eigenvalue weighted by molar-refractivity contribution is 5.67. The summed E-state index contributed by atoms with van der Waals surface area (Å²) in [5.41, 5.74) is 0. The van der Waals surface area contributed by atoms with Gasteiger partial charge in [-0.15, -0.1) is 0 Å². The zero-order valence-corrected chi connectivity index (χ0v) is 8.38. The van der Waals surface area contributed by atoms with E-state index in [0.717, 1.165) is 32.5 Å². The van der Waals surface area contributed by atoms with Crippen LogP contribution < -0.4 is 5.32 Å². The summed E-state index contributed by atoms with van der Waals surface area (Å²) in [4.78, 5) is 13.1. The number of hydrogen-bond donors (Lipinski definition) is 1. The van der Waals surface area contributed by atoms with Crippen LogP contribution in [0.5, 0.6) is 0 Å². The number of methoxy groups -OCH3 is 1. The van der Waals surface area contributed by atoms with Gasteiger partial charge in [-0.05, 0) is 26.3 Å². The highest BCUT2D eigenvalue weighted by Crippen LogP contribution is 2.10. The van der Waals surface area contributed by atoms with Gasteiger partial charge in [-0.2, -0.15) is 0 Å². The molecule has 0 aromatic rings. The van der Waals surface area contributed by atoms with Gasteiger partial charge < -0.3 is 15.0 Å². The first-order valence-electron chi connectivity index (χ1n) is 4.85. The molecule has 0 aliphatic carbocycles. The number of hydrogen-bond acceptors (Lipinski definition) is 3. The minimum atomic E-state index is -0.212. The molecule has 1 heterocycles. The third-order valence-electron chi connectivity index (χ3n) is 2.46. The summed E-state index contributed by atoms with van der Waals surface area (Å²) in [6.07, 6.45) is 2.00. The molecule has 1 N–H and O–H groups in total. The van der Waals surface area contributed by atoms with Crippen molar-refractivity contribution in [1.82, 2.24) is 10.2 Å². The number of rotatable bonds is 2. The van der Waals surface area contributed by atoms with Gasteiger partial charge in [-0.3, -0.25) is 0 Å². The average molecular weight is 186 g/mol. The number of nitrogens with one attached hydrogen (secondary N) is 1. The van der Waals surface area contributed by atoms with E-state index in [0.29, 0.717) is 6.04 Å². The molecule has 1 saturated heterocycles. The van der Waals surface area contributed by atoms with Crippen LogP contribution in [0.2, 0.25) is 0 Å². The van der Waals surface area contributed by atoms with Crippen LogP contribution in [-0.4, -0.2) is 43.8 Å². The van der Waals surface area contributed by atoms with Gasteiger partial charge in [0.05, 0.1) is 7.11 Å². The fraction of sp³-hybridized carbons (Fsp3) is 0.889. The number of carbonyl (C=O) groups is 1. The molecule has 4 heteroatoms. The Bertz CT molecular complexity index is 167. The lowest BCUT2D eigenvalue weighted by Gasteiger charge is -2.32. The zero-order valence-electron chi connectivity index (χ0n) is 8.38. The van der Waals surface area contributed by atoms with E-state index in [1.165, 1.54) is 7.11 Å². The van der Waals surface area contributed by atoms with E-state index >= 15 is 0 Å². The molecular formula is C9H18N2O2. The normalized spacial score (nSPS) is 22.5. The summed E-state index contributed by atoms with van der Waals surface area (Å²) in [7, 11) is 1.43. The first kappa shape index (κ1) is 10.3. The molecule has 1 aliphatic heterocycles. The lowest BCUT2D eigenvalue weighted by atomic mass is 10.1. The SMILES string of the molecule is CCN(C(=O)OC)C1CCCNC1. The zero-order chi connectivity index (χ0) is 9.68. The molecule has 0 spiro atoms. The average Bonchev–Trinajstić information content (AvgIpc) is 2.20. The fourth-order valence-electron chi connectivity index (χ4n) is 1.75. The predicted octanol–water partition coefficient (Wildman–Crippen LogP) is 0.827. The molecule has 0 saturated carbocycles. The number of piperidine rings is 1. The van der Waals surface area contributed by atoms with Crippen molar-refractivity contribution < 1.29 is 9.53 Å². The van der Waals surface area contributed by atoms with Crippen molar-refractivity contribution in [2.75, 3.05) is 26.7 Å². The molecule has 1 unspecified atom stereocenters. The van der Waals surface area contributed by atoms with E-state index < -0.39 is 0 Å². The Balaban J connectivity index is 2.48. The molecular weight excluding hydrogens is 168 g/mol. The Kier molecular flexibility index (Phi) is 4.02. The minimum Gasteiger partial charge on any atom is -0.453 e. The second-order valence-corrected chi connectivity index (χ2v) is 3.26. The van der Waals surface area contributed by atoms with E-state index in [4.69, 9.17) is 4.74 Å². The molecule has 76 valence electrons. The van der Waals surface area contributed by atoms with Crippen molar-refractivity contribution in [2.24, 2.45) is 0 Å². The van der Waals surface area contributed by atoms with Crippen molar-refractivity contribution in [3.05, 3.63) is 0 Å². The maximum absolute atomic E-state index is 11.3. The minimum absolute atomic E-state index is 0.212. The molecule has 0 radical (unpaired) electrons. The van der Waals surface area contributed by atoms with Crippen molar-refractivity contribution in [2.45, 2.75) is 25.8 Å². The van der Waals surface area contributed by atoms with Gasteiger partial charge in [0, 0.05) is 19.1 Å². The Labute approximate surface area is 79.2 Å². The van der Waals surface area contributed by atoms with Crippen LogP contribution >= 0.6 is 0 Å². The monoisotopic (exact) mass is 186 g/mol. The maximum atomic E-state index is 11.3. The molecule has 0 aromatic heterocycles. The molecule has 0 aromatic carbocycles. The lowest BCUT2D eigenvalue weighted by molar-refractivity contribution is 0.100. The van der Waals surface area contributed by atoms with Crippen LogP contribution in [-0.2, 0) is 4.74 Å². The van der Waals surface area contributed by atoms with Gasteiger partial charge in [0.2, 0.25) is 0 Å². The van der Waals surface area contributed by atoms with Gasteiger partial charge in [0.25, 0.3) is 0 Å². The van der Waals surface area contributed by atoms with Crippen molar-refractivity contribution in [1.29, 1.82) is 0 Å². The van der Waals surface area contributed by atoms with Crippen LogP contribution in [0, 0.1) is 0 Å². The highest BCUT2D eigenvalue weighted by Gasteiger charge is 2.23. The first-order chi connectivity index (χ1) is 6.29. The van der Waals surface area contributed by atoms with Crippen molar-refractivity contribution in [3.8, 4) is 0 Å². The van der Waals surface area contributed by atoms with Gasteiger partial charge in [-0.25, -0.2) is 4.79 Å². The summed E-state index contributed by atoms with van der Waals surface area (Å²) in [6.45, 7) is 4.66. The Hall–Kier alpha value is -0.770. The molecule has 1 atom stereocenters. The fourth-order valence-corrected chi connectivity index (χ4v) is 1.75. The molecule has 13 heavy (non-hydrogen) atoms. The summed E-state index contributed by atoms with van der Waals surface area (Å²) < 4.78 is 4.72. The third kappa shape index (κ3) is 2.59. The van der Waals surface area contributed by atoms with Gasteiger partial charge >= 0.3 is 6.09 Å². The Morgan fingerprint density at radius 1 is 1.69 bits per heavy atom. The largest absolute Gasteiger partial charge is 0.453 e. The standard InChI is InChI=1S/C9H18N2O2/c1-3-11(9(12)13-2)8-5-4-6-10-7-8/h8,10H,3-7H2,1-2H3. The molecule has 1 fully saturated rings. The van der Waals surface area contributed by atoms with Crippen LogP contribution in [0.1, 0.15) is 19.8 Å². The van der Waals surface area contributed by atoms with Crippen LogP contribution in [0.25, 0.3) is 0 Å². The number of amides is 1. The summed E-state index contributed by atoms with van der Waals surface area (Å²) in [5, 5.41) is 3.28. The molecule has 1 rings (SSSR count). The number of carbonyl (C=O) groups excluding carboxylic acids is 1. The molecule has 0 bridgehead atoms. The maximum Gasteiger partial charge on any atom is 0.409 e. The molecule has 1 aliphatic rings. The van der Waals surface area contributed by atoms with Crippen LogP contribution in [0.15, 0.2) is 0 Å². The Morgan fingerprint density at radius 3 is 2.92 bits per heavy atom. The molecule has 1 amide bonds. The first-order valence-corrected chi connectivity index (χ1v) is 4.85. The predicted molar refractivity (Wildman–Crippen MR) is 50.7 cm³/mol. The third-order valence-corrected chi connectivity index (χ3v) is 2.46. The van der Waals surface area contributed by atoms with Crippen LogP contribution in [0.3, 0.4) is 0 Å². The van der Waals surface area contributed by atoms with E-state index in [9.17, 15) is 4.79 Å². The Morgan fingerprint density at radius 2 is 2.46 bits per heavy atom. The number of likely N-dealkylation sites (N-methyl/N-ethyl adjacent to an activating group) is 1. The highest BCUT2D eigenvalue weighted by atomic mass is 16.5. The van der Waals surface area contributed by atoms with Gasteiger partial charge in [-0.1, -0.05) is 0 Å². The van der Waals surface area contributed by atoms with Crippen molar-refractivity contribution in [3.63, 3.8) is 0 Å². The van der Waals surface area contributed by atoms with Gasteiger partial charge in [0.1, 0.15) is 0 Å². The second-order valence-electron chi connectivity index (χ2n) is 3.26. The number of ether oxygens (including phenoxy) is 1. The van der Waals surface area contributed by atoms with Crippen molar-refractivity contribution >= 4 is 6.09 Å². The summed E-state index contributed by atoms with van der Waals surface area (Å²) in [6, 6.07) is 0.311. The summed E-state index contributed by atoms with van der Waals surface area (Å²) >= 11 is 0. The van der Waals surface area contributed by atoms with E-state index in [1.54, 1.807) is 4.90 Å². The topological polar surface area (TPSA) is 41.6 Å². The molecule has 4 nitrogen and oxygen atoms in total. The summed E-state index contributed by atoms with van der Waals surface area (Å²) in [5.74, 6) is 0. The van der Waals surface area contributed by atoms with E-state index in [-0.39, 0.29) is 6.09 Å². The van der Waals surface area contributed by atoms with Crippen LogP contribution in [0.4, 0.5) is 4.79 Å². The van der Waals surface area contributed by atoms with E-state index in [2.05, 4.69) is 5.32 Å². The number of nitrogens with zero attached hydrogens (tertiary/aromatic N) is 1. The quantitative estimate of drug-likeness (QED) is 0.694. The second kappa shape index (κ2) is 5.07. The lowest BCUT2D eigenvalue weighted by Crippen LogP contribution is -2.48. The van der Waals surface area contributed by atoms with Gasteiger partial charge in [0.15, 0.2) is 0 Å². The van der Waals surface area contributed by atoms with E-state index in [1.807, 2.05) is 6.92 Å².